The first-order valence-corrected chi connectivity index (χ1v) is 8.33. The van der Waals surface area contributed by atoms with Crippen molar-refractivity contribution in [3.63, 3.8) is 0 Å². The van der Waals surface area contributed by atoms with Crippen LogP contribution in [0.1, 0.15) is 33.1 Å². The fourth-order valence-electron chi connectivity index (χ4n) is 3.05. The van der Waals surface area contributed by atoms with Crippen LogP contribution in [0.15, 0.2) is 12.3 Å². The molecule has 0 saturated carbocycles. The average molecular weight is 345 g/mol. The zero-order valence-electron chi connectivity index (χ0n) is 12.1. The van der Waals surface area contributed by atoms with E-state index >= 15 is 0 Å². The van der Waals surface area contributed by atoms with Crippen LogP contribution in [0.25, 0.3) is 5.65 Å². The van der Waals surface area contributed by atoms with Crippen LogP contribution in [-0.2, 0) is 6.67 Å². The number of hydrogen-bond donors (Lipinski definition) is 0. The van der Waals surface area contributed by atoms with E-state index in [2.05, 4.69) is 23.8 Å². The fourth-order valence-corrected chi connectivity index (χ4v) is 3.79. The third kappa shape index (κ3) is 2.84. The highest BCUT2D eigenvalue weighted by Gasteiger charge is 2.25. The van der Waals surface area contributed by atoms with Gasteiger partial charge in [0.1, 0.15) is 0 Å². The molecular weight excluding hydrogens is 327 g/mol. The number of rotatable bonds is 2. The van der Waals surface area contributed by atoms with Crippen molar-refractivity contribution in [3.8, 4) is 0 Å². The molecule has 0 spiro atoms. The van der Waals surface area contributed by atoms with Gasteiger partial charge in [-0.3, -0.25) is 9.30 Å². The summed E-state index contributed by atoms with van der Waals surface area (Å²) >= 11 is 17.8. The molecule has 1 saturated heterocycles. The third-order valence-corrected chi connectivity index (χ3v) is 5.17. The van der Waals surface area contributed by atoms with Crippen molar-refractivity contribution < 1.29 is 0 Å². The lowest BCUT2D eigenvalue weighted by molar-refractivity contribution is 0.0637. The Kier molecular flexibility index (Phi) is 4.28. The van der Waals surface area contributed by atoms with Crippen molar-refractivity contribution in [2.24, 2.45) is 0 Å². The normalized spacial score (nSPS) is 23.8. The zero-order chi connectivity index (χ0) is 15.1. The SMILES string of the molecule is CC1CCCC(C)N1Cn1nc2c(Cl)cc(Cl)cn2c1=S. The van der Waals surface area contributed by atoms with E-state index in [1.807, 2.05) is 4.68 Å². The lowest BCUT2D eigenvalue weighted by atomic mass is 9.98. The van der Waals surface area contributed by atoms with Crippen LogP contribution < -0.4 is 0 Å². The molecule has 0 aliphatic carbocycles. The van der Waals surface area contributed by atoms with E-state index in [-0.39, 0.29) is 0 Å². The van der Waals surface area contributed by atoms with Crippen molar-refractivity contribution in [2.45, 2.75) is 51.9 Å². The van der Waals surface area contributed by atoms with Gasteiger partial charge in [0.05, 0.1) is 16.7 Å². The number of hydrogen-bond acceptors (Lipinski definition) is 3. The van der Waals surface area contributed by atoms with Crippen LogP contribution in [0, 0.1) is 4.77 Å². The fraction of sp³-hybridized carbons (Fsp3) is 0.571. The quantitative estimate of drug-likeness (QED) is 0.755. The summed E-state index contributed by atoms with van der Waals surface area (Å²) in [6.07, 6.45) is 5.49. The van der Waals surface area contributed by atoms with Gasteiger partial charge in [-0.1, -0.05) is 29.6 Å². The number of nitrogens with zero attached hydrogens (tertiary/aromatic N) is 4. The highest BCUT2D eigenvalue weighted by molar-refractivity contribution is 7.71. The predicted octanol–water partition coefficient (Wildman–Crippen LogP) is 4.39. The van der Waals surface area contributed by atoms with Gasteiger partial charge in [0.15, 0.2) is 5.65 Å². The number of fused-ring (bicyclic) bond motifs is 1. The molecule has 0 amide bonds. The second-order valence-corrected chi connectivity index (χ2v) is 6.98. The number of pyridine rings is 1. The lowest BCUT2D eigenvalue weighted by Crippen LogP contribution is -2.44. The van der Waals surface area contributed by atoms with E-state index in [0.717, 1.165) is 0 Å². The molecule has 1 aliphatic rings. The first-order chi connectivity index (χ1) is 9.97. The van der Waals surface area contributed by atoms with Crippen molar-refractivity contribution >= 4 is 41.1 Å². The summed E-state index contributed by atoms with van der Waals surface area (Å²) in [6.45, 7) is 5.22. The molecule has 4 nitrogen and oxygen atoms in total. The zero-order valence-corrected chi connectivity index (χ0v) is 14.4. The molecule has 0 bridgehead atoms. The first kappa shape index (κ1) is 15.3. The Balaban J connectivity index is 1.99. The molecule has 0 aromatic carbocycles. The third-order valence-electron chi connectivity index (χ3n) is 4.27. The van der Waals surface area contributed by atoms with Crippen LogP contribution in [0.3, 0.4) is 0 Å². The molecule has 114 valence electrons. The Hall–Kier alpha value is -0.620. The molecule has 7 heteroatoms. The highest BCUT2D eigenvalue weighted by atomic mass is 35.5. The van der Waals surface area contributed by atoms with Gasteiger partial charge in [-0.25, -0.2) is 4.68 Å². The summed E-state index contributed by atoms with van der Waals surface area (Å²) in [5.41, 5.74) is 0.656. The summed E-state index contributed by atoms with van der Waals surface area (Å²) in [5.74, 6) is 0. The Morgan fingerprint density at radius 3 is 2.62 bits per heavy atom. The summed E-state index contributed by atoms with van der Waals surface area (Å²) in [6, 6.07) is 2.77. The topological polar surface area (TPSA) is 25.5 Å². The Morgan fingerprint density at radius 1 is 1.29 bits per heavy atom. The minimum absolute atomic E-state index is 0.520. The van der Waals surface area contributed by atoms with Crippen molar-refractivity contribution in [3.05, 3.63) is 27.1 Å². The van der Waals surface area contributed by atoms with Crippen molar-refractivity contribution in [1.82, 2.24) is 19.1 Å². The van der Waals surface area contributed by atoms with Gasteiger partial charge < -0.3 is 0 Å². The van der Waals surface area contributed by atoms with E-state index in [0.29, 0.717) is 39.2 Å². The maximum atomic E-state index is 6.21. The van der Waals surface area contributed by atoms with Crippen LogP contribution in [0.2, 0.25) is 10.0 Å². The maximum absolute atomic E-state index is 6.21. The number of likely N-dealkylation sites (tertiary alicyclic amines) is 1. The van der Waals surface area contributed by atoms with Gasteiger partial charge in [0.2, 0.25) is 4.77 Å². The first-order valence-electron chi connectivity index (χ1n) is 7.17. The van der Waals surface area contributed by atoms with Gasteiger partial charge in [-0.05, 0) is 45.0 Å². The van der Waals surface area contributed by atoms with E-state index < -0.39 is 0 Å². The van der Waals surface area contributed by atoms with Gasteiger partial charge in [-0.2, -0.15) is 0 Å². The smallest absolute Gasteiger partial charge is 0.203 e. The molecule has 0 radical (unpaired) electrons. The van der Waals surface area contributed by atoms with Crippen molar-refractivity contribution in [2.75, 3.05) is 0 Å². The predicted molar refractivity (Wildman–Crippen MR) is 88.7 cm³/mol. The summed E-state index contributed by atoms with van der Waals surface area (Å²) in [5, 5.41) is 5.64. The second-order valence-electron chi connectivity index (χ2n) is 5.77. The van der Waals surface area contributed by atoms with Crippen LogP contribution in [0.5, 0.6) is 0 Å². The molecule has 3 heterocycles. The number of halogens is 2. The van der Waals surface area contributed by atoms with Crippen LogP contribution >= 0.6 is 35.4 Å². The minimum atomic E-state index is 0.520. The Morgan fingerprint density at radius 2 is 1.95 bits per heavy atom. The minimum Gasteiger partial charge on any atom is -0.279 e. The monoisotopic (exact) mass is 344 g/mol. The summed E-state index contributed by atoms with van der Waals surface area (Å²) < 4.78 is 4.24. The Labute approximate surface area is 139 Å². The van der Waals surface area contributed by atoms with E-state index in [1.54, 1.807) is 16.7 Å². The van der Waals surface area contributed by atoms with Gasteiger partial charge in [0.25, 0.3) is 0 Å². The molecule has 2 aromatic rings. The molecule has 3 rings (SSSR count). The lowest BCUT2D eigenvalue weighted by Gasteiger charge is -2.38. The molecule has 2 unspecified atom stereocenters. The van der Waals surface area contributed by atoms with Crippen LogP contribution in [-0.4, -0.2) is 31.2 Å². The highest BCUT2D eigenvalue weighted by Crippen LogP contribution is 2.25. The second kappa shape index (κ2) is 5.88. The van der Waals surface area contributed by atoms with Crippen LogP contribution in [0.4, 0.5) is 0 Å². The van der Waals surface area contributed by atoms with Gasteiger partial charge in [-0.15, -0.1) is 5.10 Å². The molecular formula is C14H18Cl2N4S. The maximum Gasteiger partial charge on any atom is 0.203 e. The van der Waals surface area contributed by atoms with E-state index in [4.69, 9.17) is 35.4 Å². The van der Waals surface area contributed by atoms with E-state index in [9.17, 15) is 0 Å². The van der Waals surface area contributed by atoms with Gasteiger partial charge in [0, 0.05) is 18.3 Å². The van der Waals surface area contributed by atoms with Crippen molar-refractivity contribution in [1.29, 1.82) is 0 Å². The largest absolute Gasteiger partial charge is 0.279 e. The van der Waals surface area contributed by atoms with E-state index in [1.165, 1.54) is 19.3 Å². The van der Waals surface area contributed by atoms with Gasteiger partial charge >= 0.3 is 0 Å². The summed E-state index contributed by atoms with van der Waals surface area (Å²) in [7, 11) is 0. The number of aromatic nitrogens is 3. The molecule has 1 fully saturated rings. The summed E-state index contributed by atoms with van der Waals surface area (Å²) in [4.78, 5) is 2.45. The standard InChI is InChI=1S/C14H18Cl2N4S/c1-9-4-3-5-10(2)19(9)8-20-14(21)18-7-11(15)6-12(16)13(18)17-20/h6-7,9-10H,3-5,8H2,1-2H3. The molecule has 0 N–H and O–H groups in total. The molecule has 2 atom stereocenters. The average Bonchev–Trinajstić information content (AvgIpc) is 2.72. The Bertz CT molecular complexity index is 714. The number of piperidine rings is 1. The molecule has 2 aromatic heterocycles. The molecule has 21 heavy (non-hydrogen) atoms. The molecule has 1 aliphatic heterocycles.